The van der Waals surface area contributed by atoms with Crippen molar-refractivity contribution in [1.29, 1.82) is 0 Å². The number of amides is 1. The second kappa shape index (κ2) is 13.9. The molecule has 0 unspecified atom stereocenters. The summed E-state index contributed by atoms with van der Waals surface area (Å²) in [7, 11) is -0.351. The number of rotatable bonds is 10. The molecule has 0 spiro atoms. The molecule has 0 fully saturated rings. The highest BCUT2D eigenvalue weighted by Crippen LogP contribution is 2.55. The fraction of sp³-hybridized carbons (Fsp3) is 0.250. The fourth-order valence-electron chi connectivity index (χ4n) is 6.95. The first-order chi connectivity index (χ1) is 25.1. The van der Waals surface area contributed by atoms with Gasteiger partial charge in [-0.1, -0.05) is 87.3 Å². The van der Waals surface area contributed by atoms with E-state index in [1.54, 1.807) is 36.4 Å². The number of ether oxygens (including phenoxy) is 1. The maximum Gasteiger partial charge on any atom is 0.242 e. The Bertz CT molecular complexity index is 2480. The lowest BCUT2D eigenvalue weighted by molar-refractivity contribution is -0.118. The van der Waals surface area contributed by atoms with E-state index in [2.05, 4.69) is 25.3 Å². The summed E-state index contributed by atoms with van der Waals surface area (Å²) in [6, 6.07) is 24.3. The molecule has 274 valence electrons. The maximum absolute atomic E-state index is 14.2. The first-order valence-corrected chi connectivity index (χ1v) is 19.5. The Kier molecular flexibility index (Phi) is 9.57. The average Bonchev–Trinajstić information content (AvgIpc) is 3.50. The van der Waals surface area contributed by atoms with Gasteiger partial charge < -0.3 is 25.3 Å². The van der Waals surface area contributed by atoms with E-state index in [1.165, 1.54) is 0 Å². The van der Waals surface area contributed by atoms with Crippen LogP contribution in [0.1, 0.15) is 45.2 Å². The van der Waals surface area contributed by atoms with Crippen LogP contribution in [0.5, 0.6) is 11.5 Å². The number of nitrogens with one attached hydrogen (secondary N) is 4. The quantitative estimate of drug-likeness (QED) is 0.109. The lowest BCUT2D eigenvalue weighted by atomic mass is 9.75. The largest absolute Gasteiger partial charge is 0.452 e. The molecule has 53 heavy (non-hydrogen) atoms. The third-order valence-corrected chi connectivity index (χ3v) is 11.5. The third-order valence-electron chi connectivity index (χ3n) is 9.51. The summed E-state index contributed by atoms with van der Waals surface area (Å²) in [4.78, 5) is 24.2. The van der Waals surface area contributed by atoms with E-state index in [-0.39, 0.29) is 17.2 Å². The minimum atomic E-state index is -4.16. The van der Waals surface area contributed by atoms with E-state index in [1.807, 2.05) is 95.2 Å². The zero-order valence-electron chi connectivity index (χ0n) is 30.1. The summed E-state index contributed by atoms with van der Waals surface area (Å²) in [5.41, 5.74) is 4.24. The molecule has 1 aromatic heterocycles. The van der Waals surface area contributed by atoms with Crippen molar-refractivity contribution in [3.05, 3.63) is 106 Å². The smallest absolute Gasteiger partial charge is 0.242 e. The van der Waals surface area contributed by atoms with Gasteiger partial charge in [-0.05, 0) is 60.9 Å². The van der Waals surface area contributed by atoms with Crippen LogP contribution in [0.3, 0.4) is 0 Å². The van der Waals surface area contributed by atoms with Crippen LogP contribution in [0.25, 0.3) is 21.8 Å². The number of carbonyl (C=O) groups excluding carboxylic acids is 1. The number of H-pyrrole nitrogens is 1. The molecule has 1 amide bonds. The molecule has 1 aliphatic heterocycles. The lowest BCUT2D eigenvalue weighted by Crippen LogP contribution is -2.44. The van der Waals surface area contributed by atoms with Gasteiger partial charge in [0.2, 0.25) is 21.9 Å². The number of halogens is 2. The van der Waals surface area contributed by atoms with Gasteiger partial charge in [0.1, 0.15) is 6.04 Å². The Morgan fingerprint density at radius 3 is 2.21 bits per heavy atom. The molecule has 5 aromatic carbocycles. The predicted octanol–water partition coefficient (Wildman–Crippen LogP) is 9.60. The van der Waals surface area contributed by atoms with Gasteiger partial charge in [-0.2, -0.15) is 4.72 Å². The van der Waals surface area contributed by atoms with Crippen molar-refractivity contribution in [3.8, 4) is 11.5 Å². The van der Waals surface area contributed by atoms with Crippen molar-refractivity contribution in [2.45, 2.75) is 50.5 Å². The predicted molar refractivity (Wildman–Crippen MR) is 215 cm³/mol. The number of sulfonamides is 1. The number of fused-ring (bicyclic) bond motifs is 4. The molecular weight excluding hydrogens is 731 g/mol. The Labute approximate surface area is 318 Å². The first-order valence-electron chi connectivity index (χ1n) is 17.2. The number of benzene rings is 5. The number of aromatic amines is 1. The van der Waals surface area contributed by atoms with Crippen LogP contribution in [0.15, 0.2) is 89.8 Å². The van der Waals surface area contributed by atoms with E-state index < -0.39 is 27.4 Å². The number of para-hydroxylation sites is 2. The fourth-order valence-corrected chi connectivity index (χ4v) is 8.81. The van der Waals surface area contributed by atoms with Crippen molar-refractivity contribution >= 4 is 83.9 Å². The number of hydrogen-bond acceptors (Lipinski definition) is 7. The topological polar surface area (TPSA) is 128 Å². The Balaban J connectivity index is 1.24. The molecule has 0 saturated carbocycles. The minimum Gasteiger partial charge on any atom is -0.452 e. The third kappa shape index (κ3) is 7.02. The molecule has 4 N–H and O–H groups in total. The highest BCUT2D eigenvalue weighted by Gasteiger charge is 2.39. The Morgan fingerprint density at radius 1 is 0.887 bits per heavy atom. The lowest BCUT2D eigenvalue weighted by Gasteiger charge is -2.36. The van der Waals surface area contributed by atoms with Crippen LogP contribution in [0, 0.1) is 5.92 Å². The molecule has 0 bridgehead atoms. The van der Waals surface area contributed by atoms with Gasteiger partial charge in [-0.25, -0.2) is 13.4 Å². The molecule has 0 saturated heterocycles. The van der Waals surface area contributed by atoms with E-state index in [0.717, 1.165) is 33.2 Å². The summed E-state index contributed by atoms with van der Waals surface area (Å²) in [5, 5.41) is 8.51. The van der Waals surface area contributed by atoms with Gasteiger partial charge in [-0.15, -0.1) is 0 Å². The standard InChI is InChI=1S/C40H40Cl2N6O4S/c1-22(2)17-33(47-53(50,51)35-16-10-11-25-26(35)12-9-15-34(25)48(5)6)38(49)43-31-20-23(41)18-27-36(31)52-37-28(40(27,3)4)19-24(42)21-32(37)46-39-44-29-13-7-8-14-30(29)45-39/h7-16,18-22,33,47H,17H2,1-6H3,(H,43,49)(H2,44,45,46)/t33-/m0/s1. The number of hydrogen-bond donors (Lipinski definition) is 4. The van der Waals surface area contributed by atoms with Crippen LogP contribution < -0.4 is 25.0 Å². The number of imidazole rings is 1. The van der Waals surface area contributed by atoms with E-state index >= 15 is 0 Å². The molecule has 10 nitrogen and oxygen atoms in total. The number of nitrogens with zero attached hydrogens (tertiary/aromatic N) is 2. The van der Waals surface area contributed by atoms with Gasteiger partial charge in [0.25, 0.3) is 0 Å². The van der Waals surface area contributed by atoms with E-state index in [9.17, 15) is 13.2 Å². The Hall–Kier alpha value is -4.81. The van der Waals surface area contributed by atoms with Crippen LogP contribution in [0.4, 0.5) is 23.0 Å². The summed E-state index contributed by atoms with van der Waals surface area (Å²) in [6.07, 6.45) is 0.237. The van der Waals surface area contributed by atoms with Gasteiger partial charge in [0.15, 0.2) is 11.5 Å². The summed E-state index contributed by atoms with van der Waals surface area (Å²) >= 11 is 13.4. The number of anilines is 4. The van der Waals surface area contributed by atoms with Crippen LogP contribution in [-0.4, -0.2) is 44.4 Å². The monoisotopic (exact) mass is 770 g/mol. The van der Waals surface area contributed by atoms with Gasteiger partial charge in [0, 0.05) is 57.1 Å². The summed E-state index contributed by atoms with van der Waals surface area (Å²) in [6.45, 7) is 7.92. The molecule has 0 aliphatic carbocycles. The summed E-state index contributed by atoms with van der Waals surface area (Å²) in [5.74, 6) is 0.808. The SMILES string of the molecule is CC(C)C[C@H](NS(=O)(=O)c1cccc2c(N(C)C)cccc12)C(=O)Nc1cc(Cl)cc2c1Oc1c(Nc3nc4ccccc4[nH]3)cc(Cl)cc1C2(C)C. The normalized spacial score (nSPS) is 14.1. The first kappa shape index (κ1) is 36.5. The number of aromatic nitrogens is 2. The van der Waals surface area contributed by atoms with Gasteiger partial charge in [-0.3, -0.25) is 4.79 Å². The van der Waals surface area contributed by atoms with Crippen molar-refractivity contribution in [2.24, 2.45) is 5.92 Å². The molecule has 2 heterocycles. The van der Waals surface area contributed by atoms with E-state index in [4.69, 9.17) is 27.9 Å². The zero-order valence-corrected chi connectivity index (χ0v) is 32.5. The van der Waals surface area contributed by atoms with Crippen LogP contribution >= 0.6 is 23.2 Å². The zero-order chi connectivity index (χ0) is 37.8. The van der Waals surface area contributed by atoms with Gasteiger partial charge in [0.05, 0.1) is 27.3 Å². The molecule has 6 aromatic rings. The van der Waals surface area contributed by atoms with Crippen molar-refractivity contribution < 1.29 is 17.9 Å². The van der Waals surface area contributed by atoms with Crippen LogP contribution in [-0.2, 0) is 20.2 Å². The van der Waals surface area contributed by atoms with Gasteiger partial charge >= 0.3 is 0 Å². The van der Waals surface area contributed by atoms with E-state index in [0.29, 0.717) is 44.3 Å². The molecule has 1 aliphatic rings. The number of carbonyl (C=O) groups is 1. The highest BCUT2D eigenvalue weighted by atomic mass is 35.5. The second-order valence-corrected chi connectivity index (χ2v) is 17.0. The summed E-state index contributed by atoms with van der Waals surface area (Å²) < 4.78 is 37.5. The van der Waals surface area contributed by atoms with Crippen molar-refractivity contribution in [1.82, 2.24) is 14.7 Å². The molecule has 7 rings (SSSR count). The Morgan fingerprint density at radius 2 is 1.53 bits per heavy atom. The average molecular weight is 772 g/mol. The maximum atomic E-state index is 14.2. The molecule has 1 atom stereocenters. The van der Waals surface area contributed by atoms with Crippen LogP contribution in [0.2, 0.25) is 10.0 Å². The van der Waals surface area contributed by atoms with Crippen molar-refractivity contribution in [2.75, 3.05) is 29.6 Å². The molecule has 0 radical (unpaired) electrons. The second-order valence-electron chi connectivity index (χ2n) is 14.4. The minimum absolute atomic E-state index is 0.0201. The molecule has 13 heteroatoms. The highest BCUT2D eigenvalue weighted by molar-refractivity contribution is 7.89. The van der Waals surface area contributed by atoms with Crippen molar-refractivity contribution in [3.63, 3.8) is 0 Å². The molecular formula is C40H40Cl2N6O4S.